The van der Waals surface area contributed by atoms with Crippen molar-refractivity contribution in [3.63, 3.8) is 0 Å². The van der Waals surface area contributed by atoms with Gasteiger partial charge in [-0.3, -0.25) is 0 Å². The zero-order valence-corrected chi connectivity index (χ0v) is 29.4. The average Bonchev–Trinajstić information content (AvgIpc) is 3.42. The Kier molecular flexibility index (Phi) is 11.3. The van der Waals surface area contributed by atoms with Gasteiger partial charge in [-0.25, -0.2) is 9.48 Å². The number of methoxy groups -OCH3 is 1. The third kappa shape index (κ3) is 7.74. The summed E-state index contributed by atoms with van der Waals surface area (Å²) in [6.07, 6.45) is 1.66. The number of nitrogens with one attached hydrogen (secondary N) is 1. The van der Waals surface area contributed by atoms with Crippen LogP contribution in [0.5, 0.6) is 11.5 Å². The minimum absolute atomic E-state index is 0.185. The van der Waals surface area contributed by atoms with E-state index in [4.69, 9.17) is 59.1 Å². The van der Waals surface area contributed by atoms with E-state index >= 15 is 0 Å². The molecule has 1 aliphatic rings. The van der Waals surface area contributed by atoms with Crippen LogP contribution in [0.1, 0.15) is 49.4 Å². The summed E-state index contributed by atoms with van der Waals surface area (Å²) in [6.45, 7) is 4.37. The van der Waals surface area contributed by atoms with Crippen LogP contribution in [-0.4, -0.2) is 34.5 Å². The van der Waals surface area contributed by atoms with Gasteiger partial charge in [0.1, 0.15) is 12.6 Å². The van der Waals surface area contributed by atoms with Gasteiger partial charge in [0, 0.05) is 32.1 Å². The number of anilines is 1. The summed E-state index contributed by atoms with van der Waals surface area (Å²) in [7, 11) is 1.56. The third-order valence-electron chi connectivity index (χ3n) is 7.05. The first-order valence-corrected chi connectivity index (χ1v) is 17.0. The molecule has 5 rings (SSSR count). The Bertz CT molecular complexity index is 1750. The topological polar surface area (TPSA) is 87.5 Å². The molecule has 45 heavy (non-hydrogen) atoms. The molecule has 4 aromatic rings. The minimum Gasteiger partial charge on any atom is -0.493 e. The first-order chi connectivity index (χ1) is 21.7. The molecule has 0 saturated carbocycles. The van der Waals surface area contributed by atoms with Crippen LogP contribution in [0.4, 0.5) is 5.95 Å². The van der Waals surface area contributed by atoms with Crippen LogP contribution in [-0.2, 0) is 21.9 Å². The van der Waals surface area contributed by atoms with Crippen LogP contribution < -0.4 is 14.8 Å². The van der Waals surface area contributed by atoms with Crippen molar-refractivity contribution in [3.8, 4) is 11.5 Å². The lowest BCUT2D eigenvalue weighted by Gasteiger charge is -2.29. The highest BCUT2D eigenvalue weighted by Crippen LogP contribution is 2.44. The van der Waals surface area contributed by atoms with Crippen molar-refractivity contribution in [1.82, 2.24) is 14.8 Å². The number of hydrogen-bond donors (Lipinski definition) is 1. The lowest BCUT2D eigenvalue weighted by molar-refractivity contribution is -0.139. The second kappa shape index (κ2) is 15.1. The molecule has 13 heteroatoms. The molecule has 0 aliphatic carbocycles. The maximum absolute atomic E-state index is 13.6. The van der Waals surface area contributed by atoms with E-state index in [0.717, 1.165) is 24.0 Å². The number of benzene rings is 3. The number of allylic oxidation sites excluding steroid dienone is 1. The maximum Gasteiger partial charge on any atom is 0.338 e. The Balaban J connectivity index is 1.50. The lowest BCUT2D eigenvalue weighted by Crippen LogP contribution is -2.30. The number of aromatic nitrogens is 3. The summed E-state index contributed by atoms with van der Waals surface area (Å²) in [4.78, 5) is 18.3. The maximum atomic E-state index is 13.6. The van der Waals surface area contributed by atoms with Crippen molar-refractivity contribution in [2.24, 2.45) is 0 Å². The molecule has 0 fully saturated rings. The van der Waals surface area contributed by atoms with Gasteiger partial charge in [0.05, 0.1) is 23.8 Å². The molecule has 0 spiro atoms. The SMILES string of the molecule is CCCCOC(=O)C1=C(C)Nc2nc(SCc3ccccc3Cl)nn2C1c1cc(Br)c(OCc2ccc(Cl)cc2Cl)c(OC)c1. The standard InChI is InChI=1S/C32H30BrCl3N4O4S/c1-4-5-12-43-30(41)27-18(2)37-31-38-32(45-17-20-8-6-7-9-24(20)35)39-40(31)28(27)21-13-23(33)29(26(14-21)42-3)44-16-19-10-11-22(34)15-25(19)36/h6-11,13-15,28H,4-5,12,16-17H2,1-3H3,(H,37,38,39). The van der Waals surface area contributed by atoms with Crippen LogP contribution in [0.15, 0.2) is 75.5 Å². The highest BCUT2D eigenvalue weighted by Gasteiger charge is 2.36. The van der Waals surface area contributed by atoms with Gasteiger partial charge in [-0.1, -0.05) is 84.2 Å². The van der Waals surface area contributed by atoms with Gasteiger partial charge >= 0.3 is 5.97 Å². The highest BCUT2D eigenvalue weighted by atomic mass is 79.9. The van der Waals surface area contributed by atoms with Crippen LogP contribution in [0.25, 0.3) is 0 Å². The van der Waals surface area contributed by atoms with Gasteiger partial charge in [-0.15, -0.1) is 5.10 Å². The van der Waals surface area contributed by atoms with E-state index in [9.17, 15) is 4.79 Å². The van der Waals surface area contributed by atoms with Crippen molar-refractivity contribution in [2.75, 3.05) is 19.0 Å². The van der Waals surface area contributed by atoms with Gasteiger partial charge < -0.3 is 19.5 Å². The van der Waals surface area contributed by atoms with Gasteiger partial charge in [-0.2, -0.15) is 4.98 Å². The van der Waals surface area contributed by atoms with E-state index in [2.05, 4.69) is 21.2 Å². The number of esters is 1. The quantitative estimate of drug-likeness (QED) is 0.0871. The van der Waals surface area contributed by atoms with Crippen LogP contribution in [0.3, 0.4) is 0 Å². The Labute approximate surface area is 289 Å². The predicted octanol–water partition coefficient (Wildman–Crippen LogP) is 9.51. The van der Waals surface area contributed by atoms with Crippen molar-refractivity contribution < 1.29 is 19.0 Å². The molecule has 1 aliphatic heterocycles. The molecule has 1 atom stereocenters. The fourth-order valence-electron chi connectivity index (χ4n) is 4.74. The van der Waals surface area contributed by atoms with E-state index in [1.165, 1.54) is 11.8 Å². The van der Waals surface area contributed by atoms with Crippen LogP contribution in [0.2, 0.25) is 15.1 Å². The zero-order valence-electron chi connectivity index (χ0n) is 24.7. The molecule has 0 amide bonds. The smallest absolute Gasteiger partial charge is 0.338 e. The first-order valence-electron chi connectivity index (χ1n) is 14.1. The van der Waals surface area contributed by atoms with E-state index in [0.29, 0.717) is 71.3 Å². The van der Waals surface area contributed by atoms with Crippen LogP contribution in [0, 0.1) is 0 Å². The second-order valence-electron chi connectivity index (χ2n) is 10.2. The van der Waals surface area contributed by atoms with Crippen molar-refractivity contribution in [3.05, 3.63) is 102 Å². The molecule has 1 unspecified atom stereocenters. The Morgan fingerprint density at radius 3 is 2.62 bits per heavy atom. The van der Waals surface area contributed by atoms with Crippen LogP contribution >= 0.6 is 62.5 Å². The summed E-state index contributed by atoms with van der Waals surface area (Å²) in [5.41, 5.74) is 3.49. The number of hydrogen-bond acceptors (Lipinski definition) is 8. The minimum atomic E-state index is -0.664. The number of carbonyl (C=O) groups excluding carboxylic acids is 1. The number of thioether (sulfide) groups is 1. The summed E-state index contributed by atoms with van der Waals surface area (Å²) in [5, 5.41) is 10.3. The number of halogens is 4. The average molecular weight is 753 g/mol. The Hall–Kier alpha value is -2.89. The Morgan fingerprint density at radius 2 is 1.89 bits per heavy atom. The number of carbonyl (C=O) groups is 1. The van der Waals surface area contributed by atoms with Gasteiger partial charge in [-0.05, 0) is 70.7 Å². The molecule has 1 aromatic heterocycles. The summed E-state index contributed by atoms with van der Waals surface area (Å²) in [6, 6.07) is 15.9. The molecule has 0 saturated heterocycles. The molecule has 0 radical (unpaired) electrons. The van der Waals surface area contributed by atoms with E-state index in [-0.39, 0.29) is 6.61 Å². The van der Waals surface area contributed by atoms with E-state index in [1.54, 1.807) is 23.9 Å². The second-order valence-corrected chi connectivity index (χ2v) is 13.2. The van der Waals surface area contributed by atoms with Crippen molar-refractivity contribution in [2.45, 2.75) is 50.2 Å². The van der Waals surface area contributed by atoms with E-state index in [1.807, 2.05) is 56.3 Å². The van der Waals surface area contributed by atoms with Gasteiger partial charge in [0.25, 0.3) is 0 Å². The molecule has 3 aromatic carbocycles. The normalized spacial score (nSPS) is 14.2. The van der Waals surface area contributed by atoms with Gasteiger partial charge in [0.2, 0.25) is 11.1 Å². The zero-order chi connectivity index (χ0) is 32.1. The van der Waals surface area contributed by atoms with Crippen molar-refractivity contribution in [1.29, 1.82) is 0 Å². The largest absolute Gasteiger partial charge is 0.493 e. The molecular weight excluding hydrogens is 723 g/mol. The fourth-order valence-corrected chi connectivity index (χ4v) is 6.89. The molecule has 0 bridgehead atoms. The van der Waals surface area contributed by atoms with Gasteiger partial charge in [0.15, 0.2) is 11.5 Å². The first kappa shape index (κ1) is 33.5. The van der Waals surface area contributed by atoms with Crippen molar-refractivity contribution >= 4 is 74.4 Å². The summed E-state index contributed by atoms with van der Waals surface area (Å²) in [5.74, 6) is 1.57. The molecule has 2 heterocycles. The van der Waals surface area contributed by atoms with E-state index < -0.39 is 12.0 Å². The third-order valence-corrected chi connectivity index (χ3v) is 9.48. The monoisotopic (exact) mass is 750 g/mol. The number of unbranched alkanes of at least 4 members (excludes halogenated alkanes) is 1. The molecular formula is C32H30BrCl3N4O4S. The summed E-state index contributed by atoms with van der Waals surface area (Å²) < 4.78 is 19.9. The predicted molar refractivity (Wildman–Crippen MR) is 183 cm³/mol. The number of nitrogens with zero attached hydrogens (tertiary/aromatic N) is 3. The Morgan fingerprint density at radius 1 is 1.09 bits per heavy atom. The summed E-state index contributed by atoms with van der Waals surface area (Å²) >= 11 is 23.9. The lowest BCUT2D eigenvalue weighted by atomic mass is 9.95. The molecule has 1 N–H and O–H groups in total. The number of fused-ring (bicyclic) bond motifs is 1. The molecule has 8 nitrogen and oxygen atoms in total. The highest BCUT2D eigenvalue weighted by molar-refractivity contribution is 9.10. The number of rotatable bonds is 12. The molecule has 236 valence electrons. The fraction of sp³-hybridized carbons (Fsp3) is 0.281. The number of ether oxygens (including phenoxy) is 3.